The molecule has 4 aromatic rings. The minimum absolute atomic E-state index is 0.0807. The molecule has 31 heavy (non-hydrogen) atoms. The first kappa shape index (κ1) is 21.5. The summed E-state index contributed by atoms with van der Waals surface area (Å²) in [5, 5.41) is 2.68. The van der Waals surface area contributed by atoms with E-state index >= 15 is 0 Å². The molecule has 0 saturated carbocycles. The number of rotatable bonds is 7. The molecule has 162 valence electrons. The molecule has 4 aromatic heterocycles. The van der Waals surface area contributed by atoms with Crippen molar-refractivity contribution in [2.45, 2.75) is 40.7 Å². The number of nitrogens with zero attached hydrogens (tertiary/aromatic N) is 2. The van der Waals surface area contributed by atoms with E-state index in [0.717, 1.165) is 21.7 Å². The summed E-state index contributed by atoms with van der Waals surface area (Å²) >= 11 is 3.21. The Kier molecular flexibility index (Phi) is 6.11. The van der Waals surface area contributed by atoms with Gasteiger partial charge >= 0.3 is 0 Å². The number of hydrogen-bond acceptors (Lipinski definition) is 6. The van der Waals surface area contributed by atoms with Crippen LogP contribution in [-0.4, -0.2) is 21.1 Å². The van der Waals surface area contributed by atoms with Gasteiger partial charge in [0.15, 0.2) is 5.75 Å². The lowest BCUT2D eigenvalue weighted by atomic mass is 10.1. The SMILES string of the molecule is CCc1sc2nc(C)n(Cc3cc(=O)c(OCC(C)C)c[nH]3)c(=O)c2c1-c1cccs1. The van der Waals surface area contributed by atoms with Crippen LogP contribution < -0.4 is 15.7 Å². The Morgan fingerprint density at radius 1 is 1.29 bits per heavy atom. The van der Waals surface area contributed by atoms with Crippen molar-refractivity contribution in [2.24, 2.45) is 5.92 Å². The Bertz CT molecular complexity index is 1330. The van der Waals surface area contributed by atoms with E-state index in [4.69, 9.17) is 9.72 Å². The number of hydrogen-bond donors (Lipinski definition) is 1. The van der Waals surface area contributed by atoms with Crippen molar-refractivity contribution in [1.82, 2.24) is 14.5 Å². The summed E-state index contributed by atoms with van der Waals surface area (Å²) < 4.78 is 7.19. The second-order valence-corrected chi connectivity index (χ2v) is 9.88. The standard InChI is InChI=1S/C23H25N3O3S2/c1-5-18-20(19-7-6-8-30-19)21-22(31-18)25-14(4)26(23(21)28)11-15-9-16(27)17(10-24-15)29-12-13(2)3/h6-10,13H,5,11-12H2,1-4H3,(H,24,27). The molecular weight excluding hydrogens is 430 g/mol. The molecule has 0 saturated heterocycles. The monoisotopic (exact) mass is 455 g/mol. The highest BCUT2D eigenvalue weighted by Crippen LogP contribution is 2.38. The molecule has 0 aliphatic heterocycles. The highest BCUT2D eigenvalue weighted by atomic mass is 32.1. The van der Waals surface area contributed by atoms with Gasteiger partial charge in [-0.3, -0.25) is 14.2 Å². The molecule has 0 aromatic carbocycles. The molecule has 0 bridgehead atoms. The topological polar surface area (TPSA) is 77.0 Å². The van der Waals surface area contributed by atoms with Crippen LogP contribution in [-0.2, 0) is 13.0 Å². The van der Waals surface area contributed by atoms with Crippen molar-refractivity contribution < 1.29 is 4.74 Å². The Hall–Kier alpha value is -2.71. The predicted octanol–water partition coefficient (Wildman–Crippen LogP) is 4.83. The number of aryl methyl sites for hydroxylation is 2. The molecule has 0 aliphatic rings. The normalized spacial score (nSPS) is 11.5. The number of H-pyrrole nitrogens is 1. The van der Waals surface area contributed by atoms with Gasteiger partial charge in [0.2, 0.25) is 5.43 Å². The quantitative estimate of drug-likeness (QED) is 0.433. The Balaban J connectivity index is 1.77. The van der Waals surface area contributed by atoms with Gasteiger partial charge in [-0.15, -0.1) is 22.7 Å². The Morgan fingerprint density at radius 3 is 2.74 bits per heavy atom. The number of ether oxygens (including phenoxy) is 1. The largest absolute Gasteiger partial charge is 0.488 e. The molecule has 4 heterocycles. The summed E-state index contributed by atoms with van der Waals surface area (Å²) in [6, 6.07) is 5.54. The van der Waals surface area contributed by atoms with E-state index in [1.165, 1.54) is 10.9 Å². The van der Waals surface area contributed by atoms with E-state index in [-0.39, 0.29) is 17.5 Å². The third-order valence-corrected chi connectivity index (χ3v) is 7.12. The highest BCUT2D eigenvalue weighted by molar-refractivity contribution is 7.20. The van der Waals surface area contributed by atoms with Gasteiger partial charge < -0.3 is 9.72 Å². The molecule has 0 aliphatic carbocycles. The maximum absolute atomic E-state index is 13.5. The van der Waals surface area contributed by atoms with Gasteiger partial charge in [0.25, 0.3) is 5.56 Å². The number of fused-ring (bicyclic) bond motifs is 1. The van der Waals surface area contributed by atoms with Gasteiger partial charge in [-0.2, -0.15) is 0 Å². The minimum atomic E-state index is -0.197. The first-order chi connectivity index (χ1) is 14.9. The predicted molar refractivity (Wildman–Crippen MR) is 128 cm³/mol. The van der Waals surface area contributed by atoms with Gasteiger partial charge in [0.1, 0.15) is 10.7 Å². The van der Waals surface area contributed by atoms with E-state index in [1.54, 1.807) is 33.4 Å². The molecule has 0 amide bonds. The van der Waals surface area contributed by atoms with Gasteiger partial charge in [-0.25, -0.2) is 4.98 Å². The maximum atomic E-state index is 13.5. The molecule has 0 atom stereocenters. The minimum Gasteiger partial charge on any atom is -0.488 e. The number of thiophene rings is 2. The second-order valence-electron chi connectivity index (χ2n) is 7.85. The van der Waals surface area contributed by atoms with Gasteiger partial charge in [-0.05, 0) is 30.7 Å². The van der Waals surface area contributed by atoms with Crippen LogP contribution in [0, 0.1) is 12.8 Å². The summed E-state index contributed by atoms with van der Waals surface area (Å²) in [7, 11) is 0. The molecule has 0 spiro atoms. The number of nitrogens with one attached hydrogen (secondary N) is 1. The van der Waals surface area contributed by atoms with Crippen molar-refractivity contribution in [3.8, 4) is 16.2 Å². The second kappa shape index (κ2) is 8.80. The van der Waals surface area contributed by atoms with Crippen LogP contribution in [0.25, 0.3) is 20.7 Å². The lowest BCUT2D eigenvalue weighted by molar-refractivity contribution is 0.267. The van der Waals surface area contributed by atoms with Crippen LogP contribution >= 0.6 is 22.7 Å². The molecule has 8 heteroatoms. The molecule has 0 fully saturated rings. The highest BCUT2D eigenvalue weighted by Gasteiger charge is 2.20. The molecule has 0 unspecified atom stereocenters. The molecule has 6 nitrogen and oxygen atoms in total. The Morgan fingerprint density at radius 2 is 2.10 bits per heavy atom. The first-order valence-corrected chi connectivity index (χ1v) is 12.0. The zero-order valence-electron chi connectivity index (χ0n) is 18.0. The van der Waals surface area contributed by atoms with Gasteiger partial charge in [0, 0.05) is 33.3 Å². The number of aromatic amines is 1. The van der Waals surface area contributed by atoms with Gasteiger partial charge in [0.05, 0.1) is 18.5 Å². The van der Waals surface area contributed by atoms with Crippen LogP contribution in [0.1, 0.15) is 37.2 Å². The fourth-order valence-corrected chi connectivity index (χ4v) is 5.51. The average Bonchev–Trinajstić information content (AvgIpc) is 3.37. The van der Waals surface area contributed by atoms with Crippen LogP contribution in [0.5, 0.6) is 5.75 Å². The van der Waals surface area contributed by atoms with Crippen molar-refractivity contribution in [3.05, 3.63) is 66.7 Å². The molecule has 1 N–H and O–H groups in total. The first-order valence-electron chi connectivity index (χ1n) is 10.3. The maximum Gasteiger partial charge on any atom is 0.263 e. The number of aromatic nitrogens is 3. The average molecular weight is 456 g/mol. The lowest BCUT2D eigenvalue weighted by Crippen LogP contribution is -2.25. The van der Waals surface area contributed by atoms with Crippen LogP contribution in [0.3, 0.4) is 0 Å². The van der Waals surface area contributed by atoms with Crippen LogP contribution in [0.15, 0.2) is 39.4 Å². The van der Waals surface area contributed by atoms with Crippen molar-refractivity contribution >= 4 is 32.9 Å². The fraction of sp³-hybridized carbons (Fsp3) is 0.348. The van der Waals surface area contributed by atoms with Gasteiger partial charge in [-0.1, -0.05) is 26.8 Å². The van der Waals surface area contributed by atoms with E-state index in [0.29, 0.717) is 35.2 Å². The van der Waals surface area contributed by atoms with E-state index < -0.39 is 0 Å². The molecule has 4 rings (SSSR count). The third-order valence-electron chi connectivity index (χ3n) is 5.00. The Labute approximate surface area is 188 Å². The summed E-state index contributed by atoms with van der Waals surface area (Å²) in [4.78, 5) is 36.8. The van der Waals surface area contributed by atoms with Crippen molar-refractivity contribution in [2.75, 3.05) is 6.61 Å². The zero-order chi connectivity index (χ0) is 22.1. The van der Waals surface area contributed by atoms with Crippen LogP contribution in [0.2, 0.25) is 0 Å². The van der Waals surface area contributed by atoms with Crippen molar-refractivity contribution in [1.29, 1.82) is 0 Å². The summed E-state index contributed by atoms with van der Waals surface area (Å²) in [5.74, 6) is 1.25. The third kappa shape index (κ3) is 4.22. The summed E-state index contributed by atoms with van der Waals surface area (Å²) in [6.45, 7) is 8.70. The summed E-state index contributed by atoms with van der Waals surface area (Å²) in [5.41, 5.74) is 1.35. The van der Waals surface area contributed by atoms with E-state index in [9.17, 15) is 9.59 Å². The zero-order valence-corrected chi connectivity index (χ0v) is 19.7. The lowest BCUT2D eigenvalue weighted by Gasteiger charge is -2.11. The van der Waals surface area contributed by atoms with E-state index in [2.05, 4.69) is 11.9 Å². The van der Waals surface area contributed by atoms with E-state index in [1.807, 2.05) is 38.3 Å². The van der Waals surface area contributed by atoms with Crippen LogP contribution in [0.4, 0.5) is 0 Å². The molecule has 0 radical (unpaired) electrons. The molecular formula is C23H25N3O3S2. The smallest absolute Gasteiger partial charge is 0.263 e. The summed E-state index contributed by atoms with van der Waals surface area (Å²) in [6.07, 6.45) is 2.42. The van der Waals surface area contributed by atoms with Crippen molar-refractivity contribution in [3.63, 3.8) is 0 Å². The fourth-order valence-electron chi connectivity index (χ4n) is 3.48. The number of pyridine rings is 1.